The van der Waals surface area contributed by atoms with Gasteiger partial charge in [-0.15, -0.1) is 0 Å². The summed E-state index contributed by atoms with van der Waals surface area (Å²) in [5.41, 5.74) is -0.347. The molecule has 0 aliphatic heterocycles. The molecule has 5 nitrogen and oxygen atoms in total. The van der Waals surface area contributed by atoms with Crippen LogP contribution in [0.4, 0.5) is 0 Å². The molecule has 3 aromatic rings. The molecule has 0 fully saturated rings. The van der Waals surface area contributed by atoms with Crippen molar-refractivity contribution in [1.82, 2.24) is 0 Å². The fraction of sp³-hybridized carbons (Fsp3) is 0.0526. The van der Waals surface area contributed by atoms with E-state index >= 15 is 0 Å². The van der Waals surface area contributed by atoms with Crippen molar-refractivity contribution in [2.45, 2.75) is 4.75 Å². The van der Waals surface area contributed by atoms with Gasteiger partial charge >= 0.3 is 0 Å². The zero-order chi connectivity index (χ0) is 21.6. The second-order valence-corrected chi connectivity index (χ2v) is 9.31. The van der Waals surface area contributed by atoms with Crippen molar-refractivity contribution in [1.29, 1.82) is 0 Å². The van der Waals surface area contributed by atoms with Crippen molar-refractivity contribution in [3.8, 4) is 11.5 Å². The standard InChI is InChI=1S/C19H12Cl4O5S/c20-12-6-4-10(5-7-12)19(29(26,27)28,13-2-1-3-14(21)17(13)24)11-8-15(22)18(25)16(23)9-11/h1-9,24-25H,(H,26,27,28). The highest BCUT2D eigenvalue weighted by molar-refractivity contribution is 7.87. The Morgan fingerprint density at radius 2 is 1.28 bits per heavy atom. The molecule has 0 aliphatic rings. The predicted octanol–water partition coefficient (Wildman–Crippen LogP) is 5.89. The normalized spacial score (nSPS) is 13.8. The topological polar surface area (TPSA) is 94.8 Å². The molecule has 0 spiro atoms. The first-order valence-corrected chi connectivity index (χ1v) is 10.8. The van der Waals surface area contributed by atoms with Crippen molar-refractivity contribution in [3.05, 3.63) is 91.4 Å². The van der Waals surface area contributed by atoms with E-state index in [-0.39, 0.29) is 31.8 Å². The number of halogens is 4. The molecule has 0 heterocycles. The average molecular weight is 494 g/mol. The summed E-state index contributed by atoms with van der Waals surface area (Å²) in [6, 6.07) is 11.9. The lowest BCUT2D eigenvalue weighted by Crippen LogP contribution is -2.38. The third kappa shape index (κ3) is 3.65. The number of rotatable bonds is 4. The predicted molar refractivity (Wildman–Crippen MR) is 114 cm³/mol. The van der Waals surface area contributed by atoms with Gasteiger partial charge in [-0.05, 0) is 41.5 Å². The Labute approximate surface area is 186 Å². The Kier molecular flexibility index (Phi) is 5.98. The maximum atomic E-state index is 12.9. The number of benzene rings is 3. The fourth-order valence-electron chi connectivity index (χ4n) is 3.17. The molecule has 29 heavy (non-hydrogen) atoms. The molecule has 0 bridgehead atoms. The van der Waals surface area contributed by atoms with Crippen LogP contribution in [0.1, 0.15) is 16.7 Å². The summed E-state index contributed by atoms with van der Waals surface area (Å²) in [5.74, 6) is -1.03. The summed E-state index contributed by atoms with van der Waals surface area (Å²) in [6.45, 7) is 0. The third-order valence-electron chi connectivity index (χ3n) is 4.43. The van der Waals surface area contributed by atoms with E-state index in [9.17, 15) is 23.2 Å². The van der Waals surface area contributed by atoms with Crippen LogP contribution in [0.25, 0.3) is 0 Å². The molecular weight excluding hydrogens is 482 g/mol. The van der Waals surface area contributed by atoms with E-state index < -0.39 is 26.4 Å². The van der Waals surface area contributed by atoms with Gasteiger partial charge in [0.2, 0.25) is 0 Å². The highest BCUT2D eigenvalue weighted by Gasteiger charge is 2.50. The smallest absolute Gasteiger partial charge is 0.283 e. The summed E-state index contributed by atoms with van der Waals surface area (Å²) in [4.78, 5) is 0. The van der Waals surface area contributed by atoms with E-state index in [2.05, 4.69) is 0 Å². The van der Waals surface area contributed by atoms with Gasteiger partial charge in [0.1, 0.15) is 5.75 Å². The summed E-state index contributed by atoms with van der Waals surface area (Å²) in [6.07, 6.45) is 0. The molecule has 0 radical (unpaired) electrons. The minimum Gasteiger partial charge on any atom is -0.506 e. The average Bonchev–Trinajstić information content (AvgIpc) is 2.64. The highest BCUT2D eigenvalue weighted by Crippen LogP contribution is 2.50. The SMILES string of the molecule is O=S(=O)(O)C(c1ccc(Cl)cc1)(c1cc(Cl)c(O)c(Cl)c1)c1cccc(Cl)c1O. The van der Waals surface area contributed by atoms with Crippen LogP contribution in [0, 0.1) is 0 Å². The molecule has 3 rings (SSSR count). The molecule has 3 aromatic carbocycles. The van der Waals surface area contributed by atoms with Gasteiger partial charge in [0, 0.05) is 10.6 Å². The summed E-state index contributed by atoms with van der Waals surface area (Å²) >= 11 is 24.0. The number of phenols is 2. The van der Waals surface area contributed by atoms with Gasteiger partial charge in [-0.25, -0.2) is 0 Å². The van der Waals surface area contributed by atoms with Gasteiger partial charge in [-0.3, -0.25) is 4.55 Å². The molecule has 0 saturated carbocycles. The van der Waals surface area contributed by atoms with Crippen molar-refractivity contribution >= 4 is 56.5 Å². The molecule has 0 saturated heterocycles. The monoisotopic (exact) mass is 492 g/mol. The van der Waals surface area contributed by atoms with Crippen LogP contribution < -0.4 is 0 Å². The second-order valence-electron chi connectivity index (χ2n) is 6.09. The minimum absolute atomic E-state index is 0.0276. The van der Waals surface area contributed by atoms with Crippen molar-refractivity contribution < 1.29 is 23.2 Å². The molecule has 3 N–H and O–H groups in total. The Morgan fingerprint density at radius 3 is 1.79 bits per heavy atom. The first-order chi connectivity index (χ1) is 13.5. The largest absolute Gasteiger partial charge is 0.506 e. The molecule has 0 aromatic heterocycles. The summed E-state index contributed by atoms with van der Waals surface area (Å²) in [5, 5.41) is 20.2. The Bertz CT molecular complexity index is 1170. The first-order valence-electron chi connectivity index (χ1n) is 7.89. The lowest BCUT2D eigenvalue weighted by molar-refractivity contribution is 0.440. The number of para-hydroxylation sites is 1. The number of aromatic hydroxyl groups is 2. The van der Waals surface area contributed by atoms with E-state index in [1.807, 2.05) is 0 Å². The van der Waals surface area contributed by atoms with Crippen LogP contribution >= 0.6 is 46.4 Å². The van der Waals surface area contributed by atoms with Gasteiger partial charge in [0.25, 0.3) is 10.1 Å². The van der Waals surface area contributed by atoms with Crippen LogP contribution in [0.5, 0.6) is 11.5 Å². The molecular formula is C19H12Cl4O5S. The van der Waals surface area contributed by atoms with E-state index in [1.165, 1.54) is 42.5 Å². The van der Waals surface area contributed by atoms with Gasteiger partial charge in [0.05, 0.1) is 15.1 Å². The van der Waals surface area contributed by atoms with E-state index in [4.69, 9.17) is 46.4 Å². The molecule has 10 heteroatoms. The lowest BCUT2D eigenvalue weighted by Gasteiger charge is -2.33. The maximum absolute atomic E-state index is 12.9. The second kappa shape index (κ2) is 7.87. The van der Waals surface area contributed by atoms with Crippen molar-refractivity contribution in [2.75, 3.05) is 0 Å². The van der Waals surface area contributed by atoms with Crippen LogP contribution in [-0.4, -0.2) is 23.2 Å². The van der Waals surface area contributed by atoms with Crippen LogP contribution in [0.2, 0.25) is 20.1 Å². The molecule has 152 valence electrons. The zero-order valence-electron chi connectivity index (χ0n) is 14.3. The highest BCUT2D eigenvalue weighted by atomic mass is 35.5. The molecule has 1 atom stereocenters. The first kappa shape index (κ1) is 22.0. The van der Waals surface area contributed by atoms with Gasteiger partial charge in [0.15, 0.2) is 10.5 Å². The van der Waals surface area contributed by atoms with E-state index in [1.54, 1.807) is 0 Å². The van der Waals surface area contributed by atoms with Crippen LogP contribution in [0.15, 0.2) is 54.6 Å². The quantitative estimate of drug-likeness (QED) is 0.311. The summed E-state index contributed by atoms with van der Waals surface area (Å²) < 4.78 is 33.9. The number of hydrogen-bond donors (Lipinski definition) is 3. The van der Waals surface area contributed by atoms with Gasteiger partial charge < -0.3 is 10.2 Å². The maximum Gasteiger partial charge on any atom is 0.283 e. The zero-order valence-corrected chi connectivity index (χ0v) is 18.1. The summed E-state index contributed by atoms with van der Waals surface area (Å²) in [7, 11) is -5.04. The van der Waals surface area contributed by atoms with Crippen molar-refractivity contribution in [2.24, 2.45) is 0 Å². The number of phenolic OH excluding ortho intramolecular Hbond substituents is 2. The minimum atomic E-state index is -5.04. The lowest BCUT2D eigenvalue weighted by atomic mass is 9.83. The van der Waals surface area contributed by atoms with Gasteiger partial charge in [-0.1, -0.05) is 70.7 Å². The Morgan fingerprint density at radius 1 is 0.724 bits per heavy atom. The van der Waals surface area contributed by atoms with Gasteiger partial charge in [-0.2, -0.15) is 8.42 Å². The van der Waals surface area contributed by atoms with E-state index in [0.29, 0.717) is 5.02 Å². The van der Waals surface area contributed by atoms with Crippen LogP contribution in [-0.2, 0) is 14.9 Å². The Hall–Kier alpha value is -1.67. The van der Waals surface area contributed by atoms with Crippen LogP contribution in [0.3, 0.4) is 0 Å². The molecule has 0 aliphatic carbocycles. The Balaban J connectivity index is 2.58. The molecule has 1 unspecified atom stereocenters. The molecule has 0 amide bonds. The third-order valence-corrected chi connectivity index (χ3v) is 7.03. The number of hydrogen-bond acceptors (Lipinski definition) is 4. The van der Waals surface area contributed by atoms with E-state index in [0.717, 1.165) is 12.1 Å². The fourth-order valence-corrected chi connectivity index (χ4v) is 5.25. The van der Waals surface area contributed by atoms with Crippen molar-refractivity contribution in [3.63, 3.8) is 0 Å².